The van der Waals surface area contributed by atoms with Crippen LogP contribution >= 0.6 is 0 Å². The van der Waals surface area contributed by atoms with Crippen LogP contribution in [-0.4, -0.2) is 5.78 Å². The number of unbranched alkanes of at least 4 members (excludes halogenated alkanes) is 2. The SMILES string of the molecule is CCCC/C=C\CC(=O)c1ccc(F)cc1. The van der Waals surface area contributed by atoms with Crippen molar-refractivity contribution in [2.45, 2.75) is 32.6 Å². The highest BCUT2D eigenvalue weighted by Gasteiger charge is 2.02. The molecule has 0 atom stereocenters. The average Bonchev–Trinajstić information content (AvgIpc) is 2.29. The third-order valence-corrected chi connectivity index (χ3v) is 2.36. The number of halogens is 1. The molecule has 0 aromatic heterocycles. The van der Waals surface area contributed by atoms with Crippen molar-refractivity contribution < 1.29 is 9.18 Å². The van der Waals surface area contributed by atoms with Crippen molar-refractivity contribution in [3.63, 3.8) is 0 Å². The van der Waals surface area contributed by atoms with E-state index in [1.807, 2.05) is 12.2 Å². The summed E-state index contributed by atoms with van der Waals surface area (Å²) < 4.78 is 12.6. The smallest absolute Gasteiger partial charge is 0.166 e. The van der Waals surface area contributed by atoms with Crippen LogP contribution in [0, 0.1) is 5.82 Å². The maximum Gasteiger partial charge on any atom is 0.166 e. The molecule has 1 aromatic rings. The normalized spacial score (nSPS) is 10.9. The molecular formula is C14H17FO. The molecular weight excluding hydrogens is 203 g/mol. The monoisotopic (exact) mass is 220 g/mol. The number of ketones is 1. The number of Topliss-reactive ketones (excluding diaryl/α,β-unsaturated/α-hetero) is 1. The molecule has 0 aliphatic carbocycles. The van der Waals surface area contributed by atoms with Crippen LogP contribution in [0.3, 0.4) is 0 Å². The molecule has 2 heteroatoms. The lowest BCUT2D eigenvalue weighted by Gasteiger charge is -1.97. The van der Waals surface area contributed by atoms with Gasteiger partial charge in [0.15, 0.2) is 5.78 Å². The van der Waals surface area contributed by atoms with Crippen molar-refractivity contribution >= 4 is 5.78 Å². The van der Waals surface area contributed by atoms with Crippen molar-refractivity contribution in [3.8, 4) is 0 Å². The Hall–Kier alpha value is -1.44. The van der Waals surface area contributed by atoms with Gasteiger partial charge in [-0.05, 0) is 30.7 Å². The molecule has 1 nitrogen and oxygen atoms in total. The van der Waals surface area contributed by atoms with E-state index in [0.29, 0.717) is 12.0 Å². The molecule has 0 unspecified atom stereocenters. The zero-order valence-electron chi connectivity index (χ0n) is 9.58. The van der Waals surface area contributed by atoms with E-state index in [1.54, 1.807) is 0 Å². The lowest BCUT2D eigenvalue weighted by Crippen LogP contribution is -1.96. The molecule has 0 aliphatic heterocycles. The molecule has 0 amide bonds. The number of benzene rings is 1. The fourth-order valence-corrected chi connectivity index (χ4v) is 1.38. The van der Waals surface area contributed by atoms with Gasteiger partial charge in [0.05, 0.1) is 0 Å². The Morgan fingerprint density at radius 3 is 2.56 bits per heavy atom. The highest BCUT2D eigenvalue weighted by molar-refractivity contribution is 5.96. The van der Waals surface area contributed by atoms with Crippen LogP contribution in [0.2, 0.25) is 0 Å². The molecule has 1 aromatic carbocycles. The molecule has 0 radical (unpaired) electrons. The van der Waals surface area contributed by atoms with Gasteiger partial charge in [0.25, 0.3) is 0 Å². The van der Waals surface area contributed by atoms with E-state index in [0.717, 1.165) is 19.3 Å². The van der Waals surface area contributed by atoms with Crippen LogP contribution in [0.4, 0.5) is 4.39 Å². The summed E-state index contributed by atoms with van der Waals surface area (Å²) in [6, 6.07) is 5.68. The Morgan fingerprint density at radius 1 is 1.25 bits per heavy atom. The van der Waals surface area contributed by atoms with E-state index in [1.165, 1.54) is 24.3 Å². The Bertz CT molecular complexity index is 352. The number of carbonyl (C=O) groups excluding carboxylic acids is 1. The third kappa shape index (κ3) is 4.39. The first-order valence-electron chi connectivity index (χ1n) is 5.67. The van der Waals surface area contributed by atoms with Crippen LogP contribution < -0.4 is 0 Å². The largest absolute Gasteiger partial charge is 0.294 e. The molecule has 16 heavy (non-hydrogen) atoms. The van der Waals surface area contributed by atoms with Gasteiger partial charge in [0, 0.05) is 12.0 Å². The molecule has 0 N–H and O–H groups in total. The minimum absolute atomic E-state index is 0.0350. The van der Waals surface area contributed by atoms with Crippen molar-refractivity contribution in [1.82, 2.24) is 0 Å². The number of allylic oxidation sites excluding steroid dienone is 2. The van der Waals surface area contributed by atoms with Gasteiger partial charge in [-0.15, -0.1) is 0 Å². The summed E-state index contributed by atoms with van der Waals surface area (Å²) in [7, 11) is 0. The standard InChI is InChI=1S/C14H17FO/c1-2-3-4-5-6-7-14(16)12-8-10-13(15)11-9-12/h5-6,8-11H,2-4,7H2,1H3/b6-5-. The van der Waals surface area contributed by atoms with Gasteiger partial charge in [-0.1, -0.05) is 31.9 Å². The zero-order chi connectivity index (χ0) is 11.8. The highest BCUT2D eigenvalue weighted by Crippen LogP contribution is 2.06. The molecule has 1 rings (SSSR count). The summed E-state index contributed by atoms with van der Waals surface area (Å²) in [6.45, 7) is 2.14. The van der Waals surface area contributed by atoms with Crippen LogP contribution in [-0.2, 0) is 0 Å². The number of hydrogen-bond acceptors (Lipinski definition) is 1. The number of hydrogen-bond donors (Lipinski definition) is 0. The van der Waals surface area contributed by atoms with Gasteiger partial charge < -0.3 is 0 Å². The van der Waals surface area contributed by atoms with Gasteiger partial charge >= 0.3 is 0 Å². The van der Waals surface area contributed by atoms with Crippen LogP contribution in [0.25, 0.3) is 0 Å². The summed E-state index contributed by atoms with van der Waals surface area (Å²) in [5.41, 5.74) is 0.571. The Labute approximate surface area is 96.0 Å². The number of rotatable bonds is 6. The lowest BCUT2D eigenvalue weighted by molar-refractivity contribution is 0.0995. The van der Waals surface area contributed by atoms with E-state index < -0.39 is 0 Å². The van der Waals surface area contributed by atoms with E-state index in [-0.39, 0.29) is 11.6 Å². The first-order valence-corrected chi connectivity index (χ1v) is 5.67. The van der Waals surface area contributed by atoms with Crippen molar-refractivity contribution in [1.29, 1.82) is 0 Å². The quantitative estimate of drug-likeness (QED) is 0.400. The van der Waals surface area contributed by atoms with Crippen molar-refractivity contribution in [2.24, 2.45) is 0 Å². The predicted molar refractivity (Wildman–Crippen MR) is 64.0 cm³/mol. The summed E-state index contributed by atoms with van der Waals surface area (Å²) >= 11 is 0. The van der Waals surface area contributed by atoms with Gasteiger partial charge in [0.1, 0.15) is 5.82 Å². The lowest BCUT2D eigenvalue weighted by atomic mass is 10.1. The summed E-state index contributed by atoms with van der Waals surface area (Å²) in [6.07, 6.45) is 7.66. The fourth-order valence-electron chi connectivity index (χ4n) is 1.38. The molecule has 0 saturated heterocycles. The van der Waals surface area contributed by atoms with Gasteiger partial charge in [0.2, 0.25) is 0 Å². The van der Waals surface area contributed by atoms with Crippen LogP contribution in [0.1, 0.15) is 43.0 Å². The zero-order valence-corrected chi connectivity index (χ0v) is 9.58. The van der Waals surface area contributed by atoms with Crippen LogP contribution in [0.5, 0.6) is 0 Å². The van der Waals surface area contributed by atoms with Crippen molar-refractivity contribution in [2.75, 3.05) is 0 Å². The third-order valence-electron chi connectivity index (χ3n) is 2.36. The van der Waals surface area contributed by atoms with E-state index >= 15 is 0 Å². The summed E-state index contributed by atoms with van der Waals surface area (Å²) in [4.78, 5) is 11.6. The van der Waals surface area contributed by atoms with Crippen molar-refractivity contribution in [3.05, 3.63) is 47.8 Å². The van der Waals surface area contributed by atoms with Gasteiger partial charge in [-0.3, -0.25) is 4.79 Å². The molecule has 86 valence electrons. The second-order valence-corrected chi connectivity index (χ2v) is 3.75. The maximum atomic E-state index is 12.6. The highest BCUT2D eigenvalue weighted by atomic mass is 19.1. The minimum atomic E-state index is -0.310. The van der Waals surface area contributed by atoms with Crippen LogP contribution in [0.15, 0.2) is 36.4 Å². The number of carbonyl (C=O) groups is 1. The second-order valence-electron chi connectivity index (χ2n) is 3.75. The van der Waals surface area contributed by atoms with E-state index in [4.69, 9.17) is 0 Å². The minimum Gasteiger partial charge on any atom is -0.294 e. The summed E-state index contributed by atoms with van der Waals surface area (Å²) in [5, 5.41) is 0. The van der Waals surface area contributed by atoms with E-state index in [9.17, 15) is 9.18 Å². The molecule has 0 saturated carbocycles. The topological polar surface area (TPSA) is 17.1 Å². The molecule has 0 spiro atoms. The molecule has 0 fully saturated rings. The predicted octanol–water partition coefficient (Wildman–Crippen LogP) is 4.14. The first-order chi connectivity index (χ1) is 7.74. The molecule has 0 heterocycles. The van der Waals surface area contributed by atoms with Gasteiger partial charge in [-0.2, -0.15) is 0 Å². The van der Waals surface area contributed by atoms with E-state index in [2.05, 4.69) is 6.92 Å². The summed E-state index contributed by atoms with van der Waals surface area (Å²) in [5.74, 6) is -0.275. The fraction of sp³-hybridized carbons (Fsp3) is 0.357. The first kappa shape index (κ1) is 12.6. The maximum absolute atomic E-state index is 12.6. The second kappa shape index (κ2) is 6.94. The Kier molecular flexibility index (Phi) is 5.48. The Morgan fingerprint density at radius 2 is 1.94 bits per heavy atom. The van der Waals surface area contributed by atoms with Gasteiger partial charge in [-0.25, -0.2) is 4.39 Å². The average molecular weight is 220 g/mol. The molecule has 0 bridgehead atoms. The Balaban J connectivity index is 2.40. The molecule has 0 aliphatic rings.